The lowest BCUT2D eigenvalue weighted by Crippen LogP contribution is -2.52. The van der Waals surface area contributed by atoms with E-state index >= 15 is 0 Å². The highest BCUT2D eigenvalue weighted by molar-refractivity contribution is 9.10. The molecule has 0 saturated heterocycles. The number of methoxy groups -OCH3 is 1. The van der Waals surface area contributed by atoms with Gasteiger partial charge in [0.2, 0.25) is 21.8 Å². The second-order valence-corrected chi connectivity index (χ2v) is 11.4. The summed E-state index contributed by atoms with van der Waals surface area (Å²) in [6.45, 7) is 5.96. The van der Waals surface area contributed by atoms with Crippen molar-refractivity contribution in [1.29, 1.82) is 0 Å². The van der Waals surface area contributed by atoms with Gasteiger partial charge < -0.3 is 15.0 Å². The van der Waals surface area contributed by atoms with Crippen LogP contribution < -0.4 is 14.4 Å². The highest BCUT2D eigenvalue weighted by atomic mass is 79.9. The molecule has 0 heterocycles. The van der Waals surface area contributed by atoms with E-state index in [-0.39, 0.29) is 18.4 Å². The second-order valence-electron chi connectivity index (χ2n) is 8.66. The van der Waals surface area contributed by atoms with E-state index < -0.39 is 28.5 Å². The zero-order valence-corrected chi connectivity index (χ0v) is 23.2. The zero-order valence-electron chi connectivity index (χ0n) is 20.8. The van der Waals surface area contributed by atoms with Crippen LogP contribution in [0.25, 0.3) is 0 Å². The predicted molar refractivity (Wildman–Crippen MR) is 142 cm³/mol. The van der Waals surface area contributed by atoms with Gasteiger partial charge in [0.25, 0.3) is 0 Å². The molecule has 8 nitrogen and oxygen atoms in total. The fraction of sp³-hybridized carbons (Fsp3) is 0.440. The van der Waals surface area contributed by atoms with Gasteiger partial charge in [-0.15, -0.1) is 0 Å². The quantitative estimate of drug-likeness (QED) is 0.420. The SMILES string of the molecule is CCC(C(=O)NCC(C)C)N(Cc1cccc(OC)c1)C(=O)CN(c1ccccc1Br)S(C)(=O)=O. The van der Waals surface area contributed by atoms with E-state index in [0.29, 0.717) is 28.9 Å². The average Bonchev–Trinajstić information content (AvgIpc) is 2.80. The number of anilines is 1. The number of amides is 2. The molecule has 0 fully saturated rings. The number of hydrogen-bond donors (Lipinski definition) is 1. The van der Waals surface area contributed by atoms with Crippen LogP contribution in [-0.2, 0) is 26.2 Å². The molecule has 2 rings (SSSR count). The lowest BCUT2D eigenvalue weighted by molar-refractivity contribution is -0.140. The van der Waals surface area contributed by atoms with E-state index in [2.05, 4.69) is 21.2 Å². The van der Waals surface area contributed by atoms with Crippen LogP contribution in [-0.4, -0.2) is 57.6 Å². The van der Waals surface area contributed by atoms with Gasteiger partial charge in [0.05, 0.1) is 19.1 Å². The highest BCUT2D eigenvalue weighted by Crippen LogP contribution is 2.28. The van der Waals surface area contributed by atoms with Crippen molar-refractivity contribution in [3.05, 3.63) is 58.6 Å². The maximum atomic E-state index is 13.7. The molecule has 0 radical (unpaired) electrons. The van der Waals surface area contributed by atoms with Crippen LogP contribution in [0, 0.1) is 5.92 Å². The number of halogens is 1. The Morgan fingerprint density at radius 2 is 1.80 bits per heavy atom. The van der Waals surface area contributed by atoms with Crippen LogP contribution >= 0.6 is 15.9 Å². The number of nitrogens with zero attached hydrogens (tertiary/aromatic N) is 2. The van der Waals surface area contributed by atoms with Gasteiger partial charge in [-0.05, 0) is 58.1 Å². The third-order valence-corrected chi connectivity index (χ3v) is 7.15. The standard InChI is InChI=1S/C25H34BrN3O5S/c1-6-22(25(31)27-15-18(2)3)28(16-19-10-9-11-20(14-19)34-4)24(30)17-29(35(5,32)33)23-13-8-7-12-21(23)26/h7-14,18,22H,6,15-17H2,1-5H3,(H,27,31). The molecule has 0 bridgehead atoms. The number of ether oxygens (including phenoxy) is 1. The number of carbonyl (C=O) groups is 2. The van der Waals surface area contributed by atoms with Crippen LogP contribution in [0.2, 0.25) is 0 Å². The number of sulfonamides is 1. The molecule has 1 unspecified atom stereocenters. The fourth-order valence-electron chi connectivity index (χ4n) is 3.56. The first-order valence-corrected chi connectivity index (χ1v) is 14.0. The van der Waals surface area contributed by atoms with Gasteiger partial charge in [0.15, 0.2) is 0 Å². The summed E-state index contributed by atoms with van der Waals surface area (Å²) < 4.78 is 32.2. The summed E-state index contributed by atoms with van der Waals surface area (Å²) in [6, 6.07) is 13.2. The van der Waals surface area contributed by atoms with Crippen molar-refractivity contribution in [3.8, 4) is 5.75 Å². The van der Waals surface area contributed by atoms with Crippen molar-refractivity contribution < 1.29 is 22.7 Å². The number of carbonyl (C=O) groups excluding carboxylic acids is 2. The summed E-state index contributed by atoms with van der Waals surface area (Å²) >= 11 is 3.38. The molecule has 1 N–H and O–H groups in total. The van der Waals surface area contributed by atoms with E-state index in [1.165, 1.54) is 4.90 Å². The Balaban J connectivity index is 2.45. The van der Waals surface area contributed by atoms with Crippen LogP contribution in [0.3, 0.4) is 0 Å². The molecule has 0 aromatic heterocycles. The molecular weight excluding hydrogens is 534 g/mol. The maximum Gasteiger partial charge on any atom is 0.244 e. The van der Waals surface area contributed by atoms with Crippen LogP contribution in [0.5, 0.6) is 5.75 Å². The number of nitrogens with one attached hydrogen (secondary N) is 1. The predicted octanol–water partition coefficient (Wildman–Crippen LogP) is 3.80. The van der Waals surface area contributed by atoms with Gasteiger partial charge in [-0.3, -0.25) is 13.9 Å². The van der Waals surface area contributed by atoms with Crippen molar-refractivity contribution in [2.75, 3.05) is 30.8 Å². The van der Waals surface area contributed by atoms with Crippen LogP contribution in [0.15, 0.2) is 53.0 Å². The Morgan fingerprint density at radius 3 is 2.37 bits per heavy atom. The Hall–Kier alpha value is -2.59. The Kier molecular flexibility index (Phi) is 10.6. The minimum absolute atomic E-state index is 0.122. The van der Waals surface area contributed by atoms with Crippen molar-refractivity contribution in [2.24, 2.45) is 5.92 Å². The van der Waals surface area contributed by atoms with E-state index in [9.17, 15) is 18.0 Å². The summed E-state index contributed by atoms with van der Waals surface area (Å²) in [4.78, 5) is 28.2. The van der Waals surface area contributed by atoms with Crippen molar-refractivity contribution in [2.45, 2.75) is 39.8 Å². The Bertz CT molecular complexity index is 1120. The van der Waals surface area contributed by atoms with Gasteiger partial charge in [-0.1, -0.05) is 45.0 Å². The smallest absolute Gasteiger partial charge is 0.244 e. The lowest BCUT2D eigenvalue weighted by atomic mass is 10.1. The van der Waals surface area contributed by atoms with Gasteiger partial charge in [0.1, 0.15) is 18.3 Å². The Morgan fingerprint density at radius 1 is 1.11 bits per heavy atom. The van der Waals surface area contributed by atoms with Crippen LogP contribution in [0.4, 0.5) is 5.69 Å². The number of hydrogen-bond acceptors (Lipinski definition) is 5. The average molecular weight is 569 g/mol. The van der Waals surface area contributed by atoms with E-state index in [1.54, 1.807) is 49.6 Å². The van der Waals surface area contributed by atoms with Gasteiger partial charge >= 0.3 is 0 Å². The van der Waals surface area contributed by atoms with E-state index in [4.69, 9.17) is 4.74 Å². The van der Waals surface area contributed by atoms with Crippen LogP contribution in [0.1, 0.15) is 32.8 Å². The maximum absolute atomic E-state index is 13.7. The minimum atomic E-state index is -3.79. The number of benzene rings is 2. The van der Waals surface area contributed by atoms with E-state index in [0.717, 1.165) is 16.1 Å². The summed E-state index contributed by atoms with van der Waals surface area (Å²) in [5.41, 5.74) is 1.11. The van der Waals surface area contributed by atoms with Crippen molar-refractivity contribution >= 4 is 43.5 Å². The molecule has 192 valence electrons. The third kappa shape index (κ3) is 8.24. The molecular formula is C25H34BrN3O5S. The fourth-order valence-corrected chi connectivity index (χ4v) is 5.04. The first-order valence-electron chi connectivity index (χ1n) is 11.4. The van der Waals surface area contributed by atoms with Gasteiger partial charge in [-0.2, -0.15) is 0 Å². The zero-order chi connectivity index (χ0) is 26.2. The molecule has 10 heteroatoms. The first-order chi connectivity index (χ1) is 16.5. The molecule has 35 heavy (non-hydrogen) atoms. The monoisotopic (exact) mass is 567 g/mol. The summed E-state index contributed by atoms with van der Waals surface area (Å²) in [7, 11) is -2.24. The molecule has 2 aromatic rings. The normalized spacial score (nSPS) is 12.2. The first kappa shape index (κ1) is 28.6. The van der Waals surface area contributed by atoms with Gasteiger partial charge in [-0.25, -0.2) is 8.42 Å². The summed E-state index contributed by atoms with van der Waals surface area (Å²) in [5.74, 6) is 0.109. The molecule has 0 saturated carbocycles. The molecule has 2 amide bonds. The lowest BCUT2D eigenvalue weighted by Gasteiger charge is -2.33. The molecule has 0 spiro atoms. The number of para-hydroxylation sites is 1. The molecule has 0 aliphatic rings. The molecule has 0 aliphatic heterocycles. The third-order valence-electron chi connectivity index (χ3n) is 5.36. The van der Waals surface area contributed by atoms with Gasteiger partial charge in [0, 0.05) is 17.6 Å². The summed E-state index contributed by atoms with van der Waals surface area (Å²) in [5, 5.41) is 2.90. The summed E-state index contributed by atoms with van der Waals surface area (Å²) in [6.07, 6.45) is 1.42. The van der Waals surface area contributed by atoms with E-state index in [1.807, 2.05) is 26.8 Å². The highest BCUT2D eigenvalue weighted by Gasteiger charge is 2.32. The number of rotatable bonds is 12. The van der Waals surface area contributed by atoms with Crippen molar-refractivity contribution in [3.63, 3.8) is 0 Å². The van der Waals surface area contributed by atoms with Crippen molar-refractivity contribution in [1.82, 2.24) is 10.2 Å². The molecule has 0 aliphatic carbocycles. The minimum Gasteiger partial charge on any atom is -0.497 e. The topological polar surface area (TPSA) is 96.0 Å². The molecule has 2 aromatic carbocycles. The second kappa shape index (κ2) is 12.9. The molecule has 1 atom stereocenters. The Labute approximate surface area is 216 Å². The largest absolute Gasteiger partial charge is 0.497 e.